The van der Waals surface area contributed by atoms with Gasteiger partial charge in [0.05, 0.1) is 31.8 Å². The quantitative estimate of drug-likeness (QED) is 0.354. The number of benzene rings is 2. The molecular formula is C30H42N7O3P. The van der Waals surface area contributed by atoms with Gasteiger partial charge in [-0.1, -0.05) is 12.1 Å². The Kier molecular flexibility index (Phi) is 9.02. The minimum Gasteiger partial charge on any atom is -0.494 e. The highest BCUT2D eigenvalue weighted by atomic mass is 31.2. The van der Waals surface area contributed by atoms with E-state index in [1.807, 2.05) is 30.3 Å². The van der Waals surface area contributed by atoms with E-state index in [1.54, 1.807) is 33.7 Å². The minimum absolute atomic E-state index is 0.390. The van der Waals surface area contributed by atoms with Gasteiger partial charge < -0.3 is 34.5 Å². The van der Waals surface area contributed by atoms with Gasteiger partial charge >= 0.3 is 0 Å². The molecule has 2 fully saturated rings. The summed E-state index contributed by atoms with van der Waals surface area (Å²) in [6, 6.07) is 14.4. The van der Waals surface area contributed by atoms with E-state index in [1.165, 1.54) is 25.9 Å². The molecular weight excluding hydrogens is 537 g/mol. The van der Waals surface area contributed by atoms with Crippen molar-refractivity contribution in [2.24, 2.45) is 0 Å². The maximum Gasteiger partial charge on any atom is 0.229 e. The smallest absolute Gasteiger partial charge is 0.229 e. The Hall–Kier alpha value is -3.33. The van der Waals surface area contributed by atoms with Crippen LogP contribution in [-0.2, 0) is 4.57 Å². The molecule has 41 heavy (non-hydrogen) atoms. The zero-order chi connectivity index (χ0) is 29.0. The lowest BCUT2D eigenvalue weighted by Crippen LogP contribution is -2.52. The van der Waals surface area contributed by atoms with Gasteiger partial charge in [0.2, 0.25) is 5.95 Å². The molecule has 0 aliphatic carbocycles. The van der Waals surface area contributed by atoms with Crippen LogP contribution in [0.4, 0.5) is 28.8 Å². The van der Waals surface area contributed by atoms with Gasteiger partial charge in [0.1, 0.15) is 12.9 Å². The van der Waals surface area contributed by atoms with Crippen LogP contribution in [0.15, 0.2) is 48.7 Å². The number of aromatic nitrogens is 2. The van der Waals surface area contributed by atoms with E-state index in [4.69, 9.17) is 9.47 Å². The number of methoxy groups -OCH3 is 2. The first-order valence-electron chi connectivity index (χ1n) is 14.2. The molecule has 0 spiro atoms. The normalized spacial score (nSPS) is 17.3. The van der Waals surface area contributed by atoms with Gasteiger partial charge in [-0.2, -0.15) is 4.98 Å². The van der Waals surface area contributed by atoms with E-state index >= 15 is 0 Å². The SMILES string of the molecule is COc1cc(N2CCC(N3CCN(C)CC3)CC2)ccc1Nc1ncc(OC)c(Nc2ccccc2P(C)(C)=O)n1. The van der Waals surface area contributed by atoms with Gasteiger partial charge in [-0.15, -0.1) is 0 Å². The van der Waals surface area contributed by atoms with Crippen molar-refractivity contribution in [2.75, 3.05) is 89.4 Å². The molecule has 2 aliphatic heterocycles. The summed E-state index contributed by atoms with van der Waals surface area (Å²) < 4.78 is 24.1. The summed E-state index contributed by atoms with van der Waals surface area (Å²) in [5, 5.41) is 7.36. The molecule has 3 heterocycles. The molecule has 1 aromatic heterocycles. The molecule has 10 nitrogen and oxygen atoms in total. The summed E-state index contributed by atoms with van der Waals surface area (Å²) in [5.41, 5.74) is 2.65. The summed E-state index contributed by atoms with van der Waals surface area (Å²) in [5.74, 6) is 2.07. The van der Waals surface area contributed by atoms with Crippen LogP contribution in [0.5, 0.6) is 11.5 Å². The fourth-order valence-electron chi connectivity index (χ4n) is 5.62. The number of nitrogens with one attached hydrogen (secondary N) is 2. The zero-order valence-corrected chi connectivity index (χ0v) is 25.7. The third-order valence-electron chi connectivity index (χ3n) is 8.03. The topological polar surface area (TPSA) is 95.1 Å². The predicted octanol–water partition coefficient (Wildman–Crippen LogP) is 4.45. The average Bonchev–Trinajstić information content (AvgIpc) is 2.98. The molecule has 0 amide bonds. The number of para-hydroxylation sites is 1. The Bertz CT molecular complexity index is 1380. The third kappa shape index (κ3) is 6.94. The number of anilines is 5. The van der Waals surface area contributed by atoms with E-state index in [-0.39, 0.29) is 0 Å². The summed E-state index contributed by atoms with van der Waals surface area (Å²) in [7, 11) is 2.95. The zero-order valence-electron chi connectivity index (χ0n) is 24.8. The van der Waals surface area contributed by atoms with E-state index in [0.29, 0.717) is 23.6 Å². The number of ether oxygens (including phenoxy) is 2. The Morgan fingerprint density at radius 3 is 2.27 bits per heavy atom. The van der Waals surface area contributed by atoms with Gasteiger partial charge in [-0.3, -0.25) is 4.90 Å². The van der Waals surface area contributed by atoms with Crippen LogP contribution in [0, 0.1) is 0 Å². The lowest BCUT2D eigenvalue weighted by molar-refractivity contribution is 0.0982. The van der Waals surface area contributed by atoms with Crippen molar-refractivity contribution in [3.63, 3.8) is 0 Å². The third-order valence-corrected chi connectivity index (χ3v) is 9.58. The number of rotatable bonds is 9. The minimum atomic E-state index is -2.51. The molecule has 220 valence electrons. The summed E-state index contributed by atoms with van der Waals surface area (Å²) in [4.78, 5) is 16.7. The van der Waals surface area contributed by atoms with Crippen molar-refractivity contribution in [3.8, 4) is 11.5 Å². The second-order valence-corrected chi connectivity index (χ2v) is 14.4. The molecule has 0 radical (unpaired) electrons. The fourth-order valence-corrected chi connectivity index (χ4v) is 6.78. The van der Waals surface area contributed by atoms with E-state index in [2.05, 4.69) is 54.5 Å². The Labute approximate surface area is 243 Å². The number of likely N-dealkylation sites (N-methyl/N-ethyl adjacent to an activating group) is 1. The number of nitrogens with zero attached hydrogens (tertiary/aromatic N) is 5. The molecule has 2 aliphatic rings. The summed E-state index contributed by atoms with van der Waals surface area (Å²) >= 11 is 0. The molecule has 0 atom stereocenters. The number of piperidine rings is 1. The van der Waals surface area contributed by atoms with E-state index in [9.17, 15) is 4.57 Å². The summed E-state index contributed by atoms with van der Waals surface area (Å²) in [6.07, 6.45) is 3.97. The standard InChI is InChI=1S/C30H42N7O3P/c1-35-16-18-37(19-17-35)22-12-14-36(15-13-22)23-10-11-24(26(20-23)39-2)33-30-31-21-27(40-3)29(34-30)32-25-8-6-7-9-28(25)41(4,5)38/h6-11,20-22H,12-19H2,1-5H3,(H2,31,32,33,34). The molecule has 2 saturated heterocycles. The maximum atomic E-state index is 12.9. The molecule has 2 aromatic carbocycles. The number of hydrogen-bond donors (Lipinski definition) is 2. The van der Waals surface area contributed by atoms with Crippen molar-refractivity contribution in [1.29, 1.82) is 0 Å². The van der Waals surface area contributed by atoms with Crippen LogP contribution < -0.4 is 30.3 Å². The Balaban J connectivity index is 1.29. The van der Waals surface area contributed by atoms with Crippen molar-refractivity contribution in [1.82, 2.24) is 19.8 Å². The van der Waals surface area contributed by atoms with Crippen LogP contribution >= 0.6 is 7.14 Å². The molecule has 5 rings (SSSR count). The lowest BCUT2D eigenvalue weighted by Gasteiger charge is -2.42. The van der Waals surface area contributed by atoms with Gasteiger partial charge in [0, 0.05) is 62.4 Å². The van der Waals surface area contributed by atoms with Crippen LogP contribution in [0.2, 0.25) is 0 Å². The first-order chi connectivity index (χ1) is 19.7. The van der Waals surface area contributed by atoms with Crippen molar-refractivity contribution >= 4 is 41.3 Å². The molecule has 0 bridgehead atoms. The average molecular weight is 580 g/mol. The van der Waals surface area contributed by atoms with Crippen molar-refractivity contribution in [2.45, 2.75) is 18.9 Å². The predicted molar refractivity (Wildman–Crippen MR) is 168 cm³/mol. The molecule has 3 aromatic rings. The van der Waals surface area contributed by atoms with Gasteiger partial charge in [0.25, 0.3) is 0 Å². The largest absolute Gasteiger partial charge is 0.494 e. The molecule has 0 saturated carbocycles. The molecule has 0 unspecified atom stereocenters. The van der Waals surface area contributed by atoms with Crippen LogP contribution in [0.3, 0.4) is 0 Å². The maximum absolute atomic E-state index is 12.9. The monoisotopic (exact) mass is 579 g/mol. The summed E-state index contributed by atoms with van der Waals surface area (Å²) in [6.45, 7) is 10.2. The second kappa shape index (κ2) is 12.7. The first-order valence-corrected chi connectivity index (χ1v) is 16.8. The van der Waals surface area contributed by atoms with E-state index < -0.39 is 7.14 Å². The van der Waals surface area contributed by atoms with Crippen LogP contribution in [0.1, 0.15) is 12.8 Å². The number of piperazine rings is 1. The van der Waals surface area contributed by atoms with Crippen LogP contribution in [-0.4, -0.2) is 99.7 Å². The lowest BCUT2D eigenvalue weighted by atomic mass is 10.0. The highest BCUT2D eigenvalue weighted by Gasteiger charge is 2.27. The second-order valence-electron chi connectivity index (χ2n) is 11.2. The fraction of sp³-hybridized carbons (Fsp3) is 0.467. The molecule has 2 N–H and O–H groups in total. The van der Waals surface area contributed by atoms with Gasteiger partial charge in [-0.05, 0) is 57.5 Å². The van der Waals surface area contributed by atoms with Crippen LogP contribution in [0.25, 0.3) is 0 Å². The van der Waals surface area contributed by atoms with E-state index in [0.717, 1.165) is 54.3 Å². The first kappa shape index (κ1) is 29.2. The highest BCUT2D eigenvalue weighted by molar-refractivity contribution is 7.70. The number of hydrogen-bond acceptors (Lipinski definition) is 10. The highest BCUT2D eigenvalue weighted by Crippen LogP contribution is 2.39. The van der Waals surface area contributed by atoms with Crippen molar-refractivity contribution < 1.29 is 14.0 Å². The van der Waals surface area contributed by atoms with Gasteiger partial charge in [-0.25, -0.2) is 4.98 Å². The molecule has 11 heteroatoms. The van der Waals surface area contributed by atoms with Crippen molar-refractivity contribution in [3.05, 3.63) is 48.7 Å². The Morgan fingerprint density at radius 1 is 0.878 bits per heavy atom. The van der Waals surface area contributed by atoms with Gasteiger partial charge in [0.15, 0.2) is 11.6 Å². The Morgan fingerprint density at radius 2 is 1.59 bits per heavy atom.